The van der Waals surface area contributed by atoms with E-state index in [9.17, 15) is 9.90 Å². The number of nitrogens with zero attached hydrogens (tertiary/aromatic N) is 2. The van der Waals surface area contributed by atoms with Gasteiger partial charge >= 0.3 is 0 Å². The van der Waals surface area contributed by atoms with Crippen LogP contribution < -0.4 is 5.32 Å². The molecule has 124 valence electrons. The highest BCUT2D eigenvalue weighted by Gasteiger charge is 2.29. The number of nitrogens with one attached hydrogen (secondary N) is 1. The molecule has 1 aromatic heterocycles. The third-order valence-corrected chi connectivity index (χ3v) is 5.03. The molecule has 0 atom stereocenters. The average Bonchev–Trinajstić information content (AvgIpc) is 2.92. The highest BCUT2D eigenvalue weighted by atomic mass is 32.2. The van der Waals surface area contributed by atoms with Crippen molar-refractivity contribution in [2.24, 2.45) is 0 Å². The molecule has 2 N–H and O–H groups in total. The Hall–Kier alpha value is -1.01. The van der Waals surface area contributed by atoms with Gasteiger partial charge in [0.15, 0.2) is 5.16 Å². The van der Waals surface area contributed by atoms with Crippen molar-refractivity contribution >= 4 is 17.7 Å². The predicted octanol–water partition coefficient (Wildman–Crippen LogP) is 2.54. The third kappa shape index (κ3) is 4.74. The molecular weight excluding hydrogens is 298 g/mol. The Bertz CT molecular complexity index is 502. The van der Waals surface area contributed by atoms with Gasteiger partial charge in [0.1, 0.15) is 0 Å². The molecule has 0 unspecified atom stereocenters. The lowest BCUT2D eigenvalue weighted by Gasteiger charge is -2.32. The molecular formula is C16H27N3O2S. The molecule has 0 spiro atoms. The highest BCUT2D eigenvalue weighted by Crippen LogP contribution is 2.27. The van der Waals surface area contributed by atoms with Crippen molar-refractivity contribution in [3.8, 4) is 0 Å². The van der Waals surface area contributed by atoms with Gasteiger partial charge in [-0.1, -0.05) is 31.0 Å². The van der Waals surface area contributed by atoms with Crippen LogP contribution in [0.3, 0.4) is 0 Å². The molecule has 2 rings (SSSR count). The van der Waals surface area contributed by atoms with Gasteiger partial charge in [0, 0.05) is 24.5 Å². The quantitative estimate of drug-likeness (QED) is 0.817. The van der Waals surface area contributed by atoms with E-state index in [2.05, 4.69) is 35.6 Å². The summed E-state index contributed by atoms with van der Waals surface area (Å²) in [5, 5.41) is 14.1. The lowest BCUT2D eigenvalue weighted by Crippen LogP contribution is -2.44. The summed E-state index contributed by atoms with van der Waals surface area (Å²) in [6.45, 7) is 6.69. The number of carbonyl (C=O) groups excluding carboxylic acids is 1. The maximum atomic E-state index is 12.0. The molecule has 1 aliphatic carbocycles. The van der Waals surface area contributed by atoms with Crippen LogP contribution >= 0.6 is 11.8 Å². The van der Waals surface area contributed by atoms with Gasteiger partial charge in [-0.2, -0.15) is 0 Å². The summed E-state index contributed by atoms with van der Waals surface area (Å²) in [4.78, 5) is 16.3. The number of rotatable bonds is 5. The third-order valence-electron chi connectivity index (χ3n) is 4.06. The van der Waals surface area contributed by atoms with Gasteiger partial charge in [-0.3, -0.25) is 4.79 Å². The maximum Gasteiger partial charge on any atom is 0.230 e. The molecule has 0 aromatic carbocycles. The Morgan fingerprint density at radius 3 is 2.73 bits per heavy atom. The minimum Gasteiger partial charge on any atom is -0.388 e. The summed E-state index contributed by atoms with van der Waals surface area (Å²) in [7, 11) is 0. The molecule has 1 saturated carbocycles. The first-order valence-corrected chi connectivity index (χ1v) is 8.94. The number of carbonyl (C=O) groups is 1. The fourth-order valence-corrected chi connectivity index (χ4v) is 3.71. The van der Waals surface area contributed by atoms with Gasteiger partial charge in [0.2, 0.25) is 5.91 Å². The van der Waals surface area contributed by atoms with E-state index >= 15 is 0 Å². The number of aliphatic hydroxyl groups is 1. The molecule has 0 saturated heterocycles. The zero-order valence-electron chi connectivity index (χ0n) is 13.8. The monoisotopic (exact) mass is 325 g/mol. The minimum absolute atomic E-state index is 0.0487. The Morgan fingerprint density at radius 2 is 2.09 bits per heavy atom. The molecule has 1 amide bonds. The lowest BCUT2D eigenvalue weighted by atomic mass is 9.85. The molecule has 1 heterocycles. The summed E-state index contributed by atoms with van der Waals surface area (Å²) in [5.74, 6) is 0.274. The van der Waals surface area contributed by atoms with Crippen LogP contribution in [0.15, 0.2) is 17.6 Å². The second-order valence-corrected chi connectivity index (χ2v) is 8.04. The van der Waals surface area contributed by atoms with Crippen molar-refractivity contribution in [1.82, 2.24) is 14.9 Å². The van der Waals surface area contributed by atoms with Crippen LogP contribution in [0.25, 0.3) is 0 Å². The van der Waals surface area contributed by atoms with Crippen LogP contribution in [-0.4, -0.2) is 38.5 Å². The normalized spacial score (nSPS) is 18.2. The molecule has 0 bridgehead atoms. The summed E-state index contributed by atoms with van der Waals surface area (Å²) in [6, 6.07) is 0. The van der Waals surface area contributed by atoms with E-state index in [0.717, 1.165) is 30.8 Å². The number of thioether (sulfide) groups is 1. The van der Waals surface area contributed by atoms with Gasteiger partial charge in [0.05, 0.1) is 11.4 Å². The summed E-state index contributed by atoms with van der Waals surface area (Å²) >= 11 is 1.43. The highest BCUT2D eigenvalue weighted by molar-refractivity contribution is 7.99. The van der Waals surface area contributed by atoms with Crippen LogP contribution in [0.2, 0.25) is 0 Å². The number of amides is 1. The van der Waals surface area contributed by atoms with Gasteiger partial charge in [-0.25, -0.2) is 4.98 Å². The van der Waals surface area contributed by atoms with Crippen LogP contribution in [0.1, 0.15) is 52.9 Å². The van der Waals surface area contributed by atoms with Crippen molar-refractivity contribution in [3.63, 3.8) is 0 Å². The van der Waals surface area contributed by atoms with E-state index in [0.29, 0.717) is 12.3 Å². The number of imidazole rings is 1. The van der Waals surface area contributed by atoms with E-state index in [1.165, 1.54) is 18.2 Å². The largest absolute Gasteiger partial charge is 0.388 e. The van der Waals surface area contributed by atoms with Crippen molar-refractivity contribution < 1.29 is 9.90 Å². The molecule has 5 nitrogen and oxygen atoms in total. The van der Waals surface area contributed by atoms with Crippen LogP contribution in [0, 0.1) is 0 Å². The van der Waals surface area contributed by atoms with E-state index in [1.54, 1.807) is 6.20 Å². The second kappa shape index (κ2) is 7.04. The fraction of sp³-hybridized carbons (Fsp3) is 0.750. The van der Waals surface area contributed by atoms with Gasteiger partial charge < -0.3 is 15.0 Å². The predicted molar refractivity (Wildman–Crippen MR) is 89.0 cm³/mol. The Kier molecular flexibility index (Phi) is 5.55. The summed E-state index contributed by atoms with van der Waals surface area (Å²) in [5.41, 5.74) is -0.755. The van der Waals surface area contributed by atoms with E-state index in [1.807, 2.05) is 6.20 Å². The Labute approximate surface area is 136 Å². The molecule has 0 aliphatic heterocycles. The number of hydrogen-bond donors (Lipinski definition) is 2. The Morgan fingerprint density at radius 1 is 1.41 bits per heavy atom. The maximum absolute atomic E-state index is 12.0. The van der Waals surface area contributed by atoms with Gasteiger partial charge in [0.25, 0.3) is 0 Å². The van der Waals surface area contributed by atoms with Crippen molar-refractivity contribution in [2.45, 2.75) is 69.2 Å². The first-order chi connectivity index (χ1) is 10.3. The van der Waals surface area contributed by atoms with E-state index in [-0.39, 0.29) is 11.4 Å². The number of aromatic nitrogens is 2. The molecule has 22 heavy (non-hydrogen) atoms. The first-order valence-electron chi connectivity index (χ1n) is 7.96. The molecule has 1 aromatic rings. The van der Waals surface area contributed by atoms with Crippen molar-refractivity contribution in [3.05, 3.63) is 12.4 Å². The van der Waals surface area contributed by atoms with E-state index in [4.69, 9.17) is 0 Å². The smallest absolute Gasteiger partial charge is 0.230 e. The summed E-state index contributed by atoms with van der Waals surface area (Å²) < 4.78 is 2.07. The van der Waals surface area contributed by atoms with Gasteiger partial charge in [-0.15, -0.1) is 0 Å². The topological polar surface area (TPSA) is 67.2 Å². The zero-order chi connectivity index (χ0) is 16.2. The standard InChI is InChI=1S/C16H27N3O2S/c1-15(2,3)19-10-9-17-14(19)22-11-13(20)18-12-16(21)7-5-4-6-8-16/h9-10,21H,4-8,11-12H2,1-3H3,(H,18,20). The van der Waals surface area contributed by atoms with Gasteiger partial charge in [-0.05, 0) is 33.6 Å². The molecule has 1 fully saturated rings. The molecule has 6 heteroatoms. The first kappa shape index (κ1) is 17.3. The number of hydrogen-bond acceptors (Lipinski definition) is 4. The average molecular weight is 325 g/mol. The van der Waals surface area contributed by atoms with Crippen LogP contribution in [0.5, 0.6) is 0 Å². The molecule has 0 radical (unpaired) electrons. The minimum atomic E-state index is -0.706. The van der Waals surface area contributed by atoms with Crippen LogP contribution in [-0.2, 0) is 10.3 Å². The van der Waals surface area contributed by atoms with Crippen molar-refractivity contribution in [1.29, 1.82) is 0 Å². The fourth-order valence-electron chi connectivity index (χ4n) is 2.74. The SMILES string of the molecule is CC(C)(C)n1ccnc1SCC(=O)NCC1(O)CCCCC1. The lowest BCUT2D eigenvalue weighted by molar-refractivity contribution is -0.120. The Balaban J connectivity index is 1.80. The zero-order valence-corrected chi connectivity index (χ0v) is 14.6. The molecule has 1 aliphatic rings. The second-order valence-electron chi connectivity index (χ2n) is 7.10. The van der Waals surface area contributed by atoms with Crippen molar-refractivity contribution in [2.75, 3.05) is 12.3 Å². The van der Waals surface area contributed by atoms with Crippen LogP contribution in [0.4, 0.5) is 0 Å². The van der Waals surface area contributed by atoms with E-state index < -0.39 is 5.60 Å². The summed E-state index contributed by atoms with van der Waals surface area (Å²) in [6.07, 6.45) is 8.54.